The fraction of sp³-hybridized carbons (Fsp3) is 1.00. The number of nitrogens with zero attached hydrogens (tertiary/aromatic N) is 1. The van der Waals surface area contributed by atoms with Crippen molar-refractivity contribution in [3.8, 4) is 0 Å². The van der Waals surface area contributed by atoms with Crippen LogP contribution in [0.2, 0.25) is 0 Å². The van der Waals surface area contributed by atoms with E-state index in [1.54, 1.807) is 0 Å². The predicted molar refractivity (Wildman–Crippen MR) is 80.1 cm³/mol. The molecular weight excluding hydrogens is 236 g/mol. The summed E-state index contributed by atoms with van der Waals surface area (Å²) in [7, 11) is 1.82. The Morgan fingerprint density at radius 3 is 2.79 bits per heavy atom. The number of rotatable bonds is 5. The maximum absolute atomic E-state index is 6.23. The smallest absolute Gasteiger partial charge is 0.0503 e. The Kier molecular flexibility index (Phi) is 5.27. The predicted octanol–water partition coefficient (Wildman–Crippen LogP) is 2.50. The van der Waals surface area contributed by atoms with E-state index in [2.05, 4.69) is 18.7 Å². The van der Waals surface area contributed by atoms with E-state index in [-0.39, 0.29) is 5.54 Å². The number of likely N-dealkylation sites (tertiary alicyclic amines) is 1. The standard InChI is InChI=1S/C16H32N2O/c1-13(2)15-5-4-7-16(9-15,12-17)18-8-6-14(10-18)11-19-3/h13-15H,4-12,17H2,1-3H3. The molecule has 3 atom stereocenters. The van der Waals surface area contributed by atoms with Gasteiger partial charge in [0.1, 0.15) is 0 Å². The van der Waals surface area contributed by atoms with Gasteiger partial charge in [0.25, 0.3) is 0 Å². The molecular formula is C16H32N2O. The van der Waals surface area contributed by atoms with Crippen LogP contribution in [0.5, 0.6) is 0 Å². The highest BCUT2D eigenvalue weighted by atomic mass is 16.5. The molecule has 1 aliphatic carbocycles. The highest BCUT2D eigenvalue weighted by Gasteiger charge is 2.43. The molecule has 1 saturated carbocycles. The molecule has 0 amide bonds. The van der Waals surface area contributed by atoms with Crippen LogP contribution in [0.25, 0.3) is 0 Å². The van der Waals surface area contributed by atoms with Gasteiger partial charge in [0.15, 0.2) is 0 Å². The van der Waals surface area contributed by atoms with Crippen molar-refractivity contribution < 1.29 is 4.74 Å². The van der Waals surface area contributed by atoms with Gasteiger partial charge in [0.05, 0.1) is 6.61 Å². The molecule has 0 aromatic heterocycles. The summed E-state index contributed by atoms with van der Waals surface area (Å²) in [6, 6.07) is 0. The molecule has 1 saturated heterocycles. The Labute approximate surface area is 118 Å². The normalized spacial score (nSPS) is 37.1. The van der Waals surface area contributed by atoms with E-state index in [1.165, 1.54) is 45.2 Å². The summed E-state index contributed by atoms with van der Waals surface area (Å²) < 4.78 is 5.33. The zero-order valence-corrected chi connectivity index (χ0v) is 13.0. The molecule has 3 nitrogen and oxygen atoms in total. The van der Waals surface area contributed by atoms with Gasteiger partial charge in [-0.1, -0.05) is 26.7 Å². The molecule has 0 spiro atoms. The van der Waals surface area contributed by atoms with Crippen molar-refractivity contribution in [2.24, 2.45) is 23.5 Å². The lowest BCUT2D eigenvalue weighted by Crippen LogP contribution is -2.56. The average molecular weight is 268 g/mol. The topological polar surface area (TPSA) is 38.5 Å². The van der Waals surface area contributed by atoms with Crippen LogP contribution in [0.1, 0.15) is 46.0 Å². The van der Waals surface area contributed by atoms with Gasteiger partial charge >= 0.3 is 0 Å². The lowest BCUT2D eigenvalue weighted by Gasteiger charge is -2.48. The van der Waals surface area contributed by atoms with Gasteiger partial charge in [-0.15, -0.1) is 0 Å². The second-order valence-corrected chi connectivity index (χ2v) is 7.08. The van der Waals surface area contributed by atoms with Crippen LogP contribution in [0.3, 0.4) is 0 Å². The SMILES string of the molecule is COCC1CCN(C2(CN)CCCC(C(C)C)C2)C1. The first-order valence-electron chi connectivity index (χ1n) is 8.05. The number of hydrogen-bond acceptors (Lipinski definition) is 3. The summed E-state index contributed by atoms with van der Waals surface area (Å²) in [6.45, 7) is 8.89. The molecule has 0 aromatic carbocycles. The summed E-state index contributed by atoms with van der Waals surface area (Å²) in [5.41, 5.74) is 6.51. The van der Waals surface area contributed by atoms with Crippen molar-refractivity contribution in [2.45, 2.75) is 51.5 Å². The first-order chi connectivity index (χ1) is 9.11. The summed E-state index contributed by atoms with van der Waals surface area (Å²) in [6.07, 6.45) is 6.63. The Morgan fingerprint density at radius 2 is 2.16 bits per heavy atom. The van der Waals surface area contributed by atoms with Gasteiger partial charge in [-0.05, 0) is 43.6 Å². The highest BCUT2D eigenvalue weighted by molar-refractivity contribution is 4.99. The Morgan fingerprint density at radius 1 is 1.37 bits per heavy atom. The van der Waals surface area contributed by atoms with Crippen molar-refractivity contribution in [3.63, 3.8) is 0 Å². The van der Waals surface area contributed by atoms with Gasteiger partial charge < -0.3 is 10.5 Å². The lowest BCUT2D eigenvalue weighted by molar-refractivity contribution is 0.0369. The number of hydrogen-bond donors (Lipinski definition) is 1. The number of methoxy groups -OCH3 is 1. The second-order valence-electron chi connectivity index (χ2n) is 7.08. The Bertz CT molecular complexity index is 282. The maximum atomic E-state index is 6.23. The fourth-order valence-corrected chi connectivity index (χ4v) is 4.19. The average Bonchev–Trinajstić information content (AvgIpc) is 2.88. The van der Waals surface area contributed by atoms with Gasteiger partial charge in [-0.25, -0.2) is 0 Å². The van der Waals surface area contributed by atoms with E-state index in [0.29, 0.717) is 5.92 Å². The molecule has 2 fully saturated rings. The maximum Gasteiger partial charge on any atom is 0.0503 e. The van der Waals surface area contributed by atoms with E-state index in [0.717, 1.165) is 25.0 Å². The molecule has 112 valence electrons. The van der Waals surface area contributed by atoms with Gasteiger partial charge in [-0.2, -0.15) is 0 Å². The van der Waals surface area contributed by atoms with Crippen molar-refractivity contribution >= 4 is 0 Å². The number of ether oxygens (including phenoxy) is 1. The minimum Gasteiger partial charge on any atom is -0.384 e. The van der Waals surface area contributed by atoms with Crippen molar-refractivity contribution in [2.75, 3.05) is 33.4 Å². The van der Waals surface area contributed by atoms with E-state index in [1.807, 2.05) is 7.11 Å². The van der Waals surface area contributed by atoms with E-state index in [4.69, 9.17) is 10.5 Å². The van der Waals surface area contributed by atoms with Crippen LogP contribution in [0.4, 0.5) is 0 Å². The van der Waals surface area contributed by atoms with Crippen LogP contribution in [-0.2, 0) is 4.74 Å². The Hall–Kier alpha value is -0.120. The molecule has 0 aromatic rings. The highest BCUT2D eigenvalue weighted by Crippen LogP contribution is 2.41. The molecule has 19 heavy (non-hydrogen) atoms. The van der Waals surface area contributed by atoms with Gasteiger partial charge in [0.2, 0.25) is 0 Å². The zero-order chi connectivity index (χ0) is 13.9. The molecule has 2 aliphatic rings. The van der Waals surface area contributed by atoms with Crippen molar-refractivity contribution in [1.82, 2.24) is 4.90 Å². The third kappa shape index (κ3) is 3.32. The van der Waals surface area contributed by atoms with Crippen LogP contribution in [0.15, 0.2) is 0 Å². The Balaban J connectivity index is 2.01. The zero-order valence-electron chi connectivity index (χ0n) is 13.0. The van der Waals surface area contributed by atoms with Crippen LogP contribution >= 0.6 is 0 Å². The lowest BCUT2D eigenvalue weighted by atomic mass is 9.71. The molecule has 2 rings (SSSR count). The summed E-state index contributed by atoms with van der Waals surface area (Å²) in [5, 5.41) is 0. The van der Waals surface area contributed by atoms with E-state index in [9.17, 15) is 0 Å². The van der Waals surface area contributed by atoms with Crippen molar-refractivity contribution in [3.05, 3.63) is 0 Å². The molecule has 0 bridgehead atoms. The molecule has 2 N–H and O–H groups in total. The number of nitrogens with two attached hydrogens (primary N) is 1. The third-order valence-electron chi connectivity index (χ3n) is 5.54. The van der Waals surface area contributed by atoms with Crippen LogP contribution in [-0.4, -0.2) is 43.8 Å². The van der Waals surface area contributed by atoms with Gasteiger partial charge in [0, 0.05) is 25.7 Å². The molecule has 3 unspecified atom stereocenters. The van der Waals surface area contributed by atoms with Gasteiger partial charge in [-0.3, -0.25) is 4.90 Å². The summed E-state index contributed by atoms with van der Waals surface area (Å²) in [4.78, 5) is 2.70. The molecule has 1 heterocycles. The quantitative estimate of drug-likeness (QED) is 0.832. The molecule has 1 aliphatic heterocycles. The minimum absolute atomic E-state index is 0.287. The molecule has 0 radical (unpaired) electrons. The van der Waals surface area contributed by atoms with Crippen LogP contribution in [0, 0.1) is 17.8 Å². The monoisotopic (exact) mass is 268 g/mol. The second kappa shape index (κ2) is 6.55. The molecule has 3 heteroatoms. The van der Waals surface area contributed by atoms with Crippen LogP contribution < -0.4 is 5.73 Å². The minimum atomic E-state index is 0.287. The van der Waals surface area contributed by atoms with E-state index < -0.39 is 0 Å². The summed E-state index contributed by atoms with van der Waals surface area (Å²) in [5.74, 6) is 2.37. The largest absolute Gasteiger partial charge is 0.384 e. The first kappa shape index (κ1) is 15.3. The van der Waals surface area contributed by atoms with E-state index >= 15 is 0 Å². The van der Waals surface area contributed by atoms with Crippen molar-refractivity contribution in [1.29, 1.82) is 0 Å². The fourth-order valence-electron chi connectivity index (χ4n) is 4.19. The third-order valence-corrected chi connectivity index (χ3v) is 5.54. The first-order valence-corrected chi connectivity index (χ1v) is 8.05. The summed E-state index contributed by atoms with van der Waals surface area (Å²) >= 11 is 0.